The standard InChI is InChI=1S/C12H7BrF3N3O/c13-7-3-5(14)4-8(15)10(7)19-12(20)6-1-2-18-11(17)9(6)16/h1-4H,(H2,17,18)(H,19,20). The summed E-state index contributed by atoms with van der Waals surface area (Å²) in [6, 6.07) is 2.66. The molecule has 1 amide bonds. The molecular weight excluding hydrogens is 339 g/mol. The van der Waals surface area contributed by atoms with Crippen molar-refractivity contribution < 1.29 is 18.0 Å². The fraction of sp³-hybridized carbons (Fsp3) is 0. The molecule has 0 atom stereocenters. The highest BCUT2D eigenvalue weighted by molar-refractivity contribution is 9.10. The van der Waals surface area contributed by atoms with Crippen LogP contribution in [0.2, 0.25) is 0 Å². The second kappa shape index (κ2) is 5.49. The van der Waals surface area contributed by atoms with Crippen molar-refractivity contribution in [3.05, 3.63) is 51.9 Å². The molecule has 0 saturated heterocycles. The summed E-state index contributed by atoms with van der Waals surface area (Å²) in [7, 11) is 0. The van der Waals surface area contributed by atoms with Gasteiger partial charge in [-0.2, -0.15) is 0 Å². The van der Waals surface area contributed by atoms with E-state index in [4.69, 9.17) is 5.73 Å². The Morgan fingerprint density at radius 2 is 2.00 bits per heavy atom. The number of hydrogen-bond donors (Lipinski definition) is 2. The number of benzene rings is 1. The lowest BCUT2D eigenvalue weighted by atomic mass is 10.2. The molecule has 8 heteroatoms. The van der Waals surface area contributed by atoms with Crippen molar-refractivity contribution in [1.29, 1.82) is 0 Å². The van der Waals surface area contributed by atoms with Gasteiger partial charge in [0.15, 0.2) is 17.5 Å². The molecule has 2 rings (SSSR count). The molecule has 0 radical (unpaired) electrons. The Hall–Kier alpha value is -2.09. The van der Waals surface area contributed by atoms with Crippen molar-refractivity contribution in [2.24, 2.45) is 0 Å². The zero-order chi connectivity index (χ0) is 14.9. The van der Waals surface area contributed by atoms with Gasteiger partial charge < -0.3 is 11.1 Å². The molecule has 0 bridgehead atoms. The maximum atomic E-state index is 13.6. The van der Waals surface area contributed by atoms with E-state index in [2.05, 4.69) is 26.2 Å². The largest absolute Gasteiger partial charge is 0.381 e. The number of halogens is 4. The van der Waals surface area contributed by atoms with Crippen LogP contribution in [0.25, 0.3) is 0 Å². The fourth-order valence-electron chi connectivity index (χ4n) is 1.48. The molecule has 0 unspecified atom stereocenters. The van der Waals surface area contributed by atoms with E-state index in [1.165, 1.54) is 0 Å². The first-order valence-electron chi connectivity index (χ1n) is 5.26. The van der Waals surface area contributed by atoms with Crippen molar-refractivity contribution in [3.8, 4) is 0 Å². The minimum absolute atomic E-state index is 0.00853. The third-order valence-corrected chi connectivity index (χ3v) is 3.03. The molecule has 1 heterocycles. The predicted octanol–water partition coefficient (Wildman–Crippen LogP) is 3.10. The molecule has 2 aromatic rings. The third kappa shape index (κ3) is 2.74. The van der Waals surface area contributed by atoms with Crippen molar-refractivity contribution in [2.75, 3.05) is 11.1 Å². The van der Waals surface area contributed by atoms with Crippen molar-refractivity contribution in [1.82, 2.24) is 4.98 Å². The van der Waals surface area contributed by atoms with Crippen LogP contribution in [0.1, 0.15) is 10.4 Å². The number of aromatic nitrogens is 1. The van der Waals surface area contributed by atoms with Crippen LogP contribution in [-0.4, -0.2) is 10.9 Å². The second-order valence-electron chi connectivity index (χ2n) is 3.76. The molecule has 0 spiro atoms. The molecule has 0 fully saturated rings. The summed E-state index contributed by atoms with van der Waals surface area (Å²) in [4.78, 5) is 15.3. The van der Waals surface area contributed by atoms with E-state index in [0.717, 1.165) is 18.3 Å². The van der Waals surface area contributed by atoms with Crippen LogP contribution in [-0.2, 0) is 0 Å². The van der Waals surface area contributed by atoms with Gasteiger partial charge in [0.1, 0.15) is 5.82 Å². The highest BCUT2D eigenvalue weighted by atomic mass is 79.9. The first-order valence-corrected chi connectivity index (χ1v) is 6.05. The Morgan fingerprint density at radius 1 is 1.30 bits per heavy atom. The number of nitrogens with two attached hydrogens (primary N) is 1. The van der Waals surface area contributed by atoms with Gasteiger partial charge in [-0.15, -0.1) is 0 Å². The minimum Gasteiger partial charge on any atom is -0.381 e. The first-order chi connectivity index (χ1) is 9.40. The van der Waals surface area contributed by atoms with Gasteiger partial charge in [-0.3, -0.25) is 4.79 Å². The molecule has 0 aliphatic carbocycles. The van der Waals surface area contributed by atoms with E-state index < -0.39 is 34.7 Å². The molecule has 3 N–H and O–H groups in total. The SMILES string of the molecule is Nc1nccc(C(=O)Nc2c(F)cc(F)cc2Br)c1F. The van der Waals surface area contributed by atoms with Crippen molar-refractivity contribution in [3.63, 3.8) is 0 Å². The highest BCUT2D eigenvalue weighted by Crippen LogP contribution is 2.27. The topological polar surface area (TPSA) is 68.0 Å². The molecule has 1 aromatic carbocycles. The molecule has 0 saturated carbocycles. The van der Waals surface area contributed by atoms with Gasteiger partial charge in [0.25, 0.3) is 5.91 Å². The van der Waals surface area contributed by atoms with Crippen LogP contribution < -0.4 is 11.1 Å². The number of pyridine rings is 1. The molecular formula is C12H7BrF3N3O. The Morgan fingerprint density at radius 3 is 2.65 bits per heavy atom. The van der Waals surface area contributed by atoms with Crippen LogP contribution in [0, 0.1) is 17.5 Å². The maximum absolute atomic E-state index is 13.6. The van der Waals surface area contributed by atoms with Crippen LogP contribution in [0.3, 0.4) is 0 Å². The summed E-state index contributed by atoms with van der Waals surface area (Å²) in [5.41, 5.74) is 4.54. The molecule has 0 aliphatic heterocycles. The average molecular weight is 346 g/mol. The van der Waals surface area contributed by atoms with Crippen LogP contribution in [0.4, 0.5) is 24.7 Å². The van der Waals surface area contributed by atoms with Gasteiger partial charge in [-0.1, -0.05) is 0 Å². The number of carbonyl (C=O) groups excluding carboxylic acids is 1. The monoisotopic (exact) mass is 345 g/mol. The Labute approximate surface area is 119 Å². The van der Waals surface area contributed by atoms with E-state index >= 15 is 0 Å². The van der Waals surface area contributed by atoms with Gasteiger partial charge in [-0.05, 0) is 28.1 Å². The van der Waals surface area contributed by atoms with Gasteiger partial charge in [0, 0.05) is 16.7 Å². The lowest BCUT2D eigenvalue weighted by Gasteiger charge is -2.09. The predicted molar refractivity (Wildman–Crippen MR) is 70.6 cm³/mol. The highest BCUT2D eigenvalue weighted by Gasteiger charge is 2.18. The smallest absolute Gasteiger partial charge is 0.258 e. The first kappa shape index (κ1) is 14.3. The summed E-state index contributed by atoms with van der Waals surface area (Å²) in [6.07, 6.45) is 1.14. The summed E-state index contributed by atoms with van der Waals surface area (Å²) < 4.78 is 40.1. The number of anilines is 2. The number of carbonyl (C=O) groups is 1. The lowest BCUT2D eigenvalue weighted by molar-refractivity contribution is 0.102. The van der Waals surface area contributed by atoms with Crippen molar-refractivity contribution >= 4 is 33.3 Å². The Balaban J connectivity index is 2.36. The number of amides is 1. The van der Waals surface area contributed by atoms with Gasteiger partial charge in [-0.25, -0.2) is 18.2 Å². The average Bonchev–Trinajstić information content (AvgIpc) is 2.36. The zero-order valence-electron chi connectivity index (χ0n) is 9.75. The zero-order valence-corrected chi connectivity index (χ0v) is 11.3. The Kier molecular flexibility index (Phi) is 3.93. The van der Waals surface area contributed by atoms with E-state index in [1.54, 1.807) is 0 Å². The fourth-order valence-corrected chi connectivity index (χ4v) is 1.98. The van der Waals surface area contributed by atoms with E-state index in [-0.39, 0.29) is 10.2 Å². The molecule has 20 heavy (non-hydrogen) atoms. The summed E-state index contributed by atoms with van der Waals surface area (Å²) >= 11 is 2.91. The number of nitrogens with zero attached hydrogens (tertiary/aromatic N) is 1. The minimum atomic E-state index is -1.01. The van der Waals surface area contributed by atoms with Gasteiger partial charge in [0.2, 0.25) is 0 Å². The quantitative estimate of drug-likeness (QED) is 0.878. The molecule has 1 aromatic heterocycles. The van der Waals surface area contributed by atoms with Crippen LogP contribution >= 0.6 is 15.9 Å². The molecule has 4 nitrogen and oxygen atoms in total. The molecule has 0 aliphatic rings. The second-order valence-corrected chi connectivity index (χ2v) is 4.61. The number of hydrogen-bond acceptors (Lipinski definition) is 3. The van der Waals surface area contributed by atoms with E-state index in [0.29, 0.717) is 6.07 Å². The third-order valence-electron chi connectivity index (χ3n) is 2.41. The lowest BCUT2D eigenvalue weighted by Crippen LogP contribution is -2.16. The van der Waals surface area contributed by atoms with E-state index in [1.807, 2.05) is 0 Å². The normalized spacial score (nSPS) is 10.4. The number of rotatable bonds is 2. The van der Waals surface area contributed by atoms with Gasteiger partial charge >= 0.3 is 0 Å². The van der Waals surface area contributed by atoms with Crippen molar-refractivity contribution in [2.45, 2.75) is 0 Å². The summed E-state index contributed by atoms with van der Waals surface area (Å²) in [5, 5.41) is 2.14. The summed E-state index contributed by atoms with van der Waals surface area (Å²) in [6.45, 7) is 0. The van der Waals surface area contributed by atoms with E-state index in [9.17, 15) is 18.0 Å². The maximum Gasteiger partial charge on any atom is 0.258 e. The number of nitrogens with one attached hydrogen (secondary N) is 1. The van der Waals surface area contributed by atoms with Gasteiger partial charge in [0.05, 0.1) is 11.3 Å². The number of nitrogen functional groups attached to an aromatic ring is 1. The van der Waals surface area contributed by atoms with Crippen LogP contribution in [0.5, 0.6) is 0 Å². The Bertz CT molecular complexity index is 671. The molecule has 104 valence electrons. The van der Waals surface area contributed by atoms with Crippen LogP contribution in [0.15, 0.2) is 28.9 Å². The summed E-state index contributed by atoms with van der Waals surface area (Å²) in [5.74, 6) is -4.19.